The Morgan fingerprint density at radius 1 is 1.14 bits per heavy atom. The highest BCUT2D eigenvalue weighted by molar-refractivity contribution is 8.04. The second kappa shape index (κ2) is 11.4. The van der Waals surface area contributed by atoms with Crippen LogP contribution in [0.3, 0.4) is 0 Å². The highest BCUT2D eigenvalue weighted by Gasteiger charge is 2.32. The molecule has 5 heterocycles. The molecule has 6 rings (SSSR count). The second-order valence-corrected chi connectivity index (χ2v) is 11.9. The van der Waals surface area contributed by atoms with Crippen LogP contribution in [0.5, 0.6) is 5.75 Å². The van der Waals surface area contributed by atoms with Crippen molar-refractivity contribution in [3.63, 3.8) is 0 Å². The normalized spacial score (nSPS) is 23.2. The molecule has 0 aliphatic carbocycles. The first-order chi connectivity index (χ1) is 18.2. The smallest absolute Gasteiger partial charge is 0.234 e. The summed E-state index contributed by atoms with van der Waals surface area (Å²) in [7, 11) is 0. The second-order valence-electron chi connectivity index (χ2n) is 10.8. The molecule has 200 valence electrons. The van der Waals surface area contributed by atoms with E-state index in [0.717, 1.165) is 70.5 Å². The van der Waals surface area contributed by atoms with Gasteiger partial charge in [-0.1, -0.05) is 12.1 Å². The SMILES string of the molecule is CC(C)n1ncnc1N1CC2=C(CCOc3cc(C4CCN(CCOC5CCCCO5)CC4)ccc32)S1. The molecule has 1 atom stereocenters. The molecule has 0 amide bonds. The first kappa shape index (κ1) is 25.2. The minimum atomic E-state index is 0.0143. The lowest BCUT2D eigenvalue weighted by atomic mass is 9.88. The molecule has 1 aromatic heterocycles. The number of fused-ring (bicyclic) bond motifs is 2. The molecule has 8 nitrogen and oxygen atoms in total. The zero-order chi connectivity index (χ0) is 25.2. The molecule has 37 heavy (non-hydrogen) atoms. The van der Waals surface area contributed by atoms with Crippen molar-refractivity contribution >= 4 is 23.5 Å². The Balaban J connectivity index is 1.07. The average molecular weight is 526 g/mol. The van der Waals surface area contributed by atoms with E-state index in [1.54, 1.807) is 18.3 Å². The van der Waals surface area contributed by atoms with Gasteiger partial charge in [-0.05, 0) is 94.1 Å². The van der Waals surface area contributed by atoms with E-state index in [1.807, 2.05) is 4.68 Å². The third kappa shape index (κ3) is 5.55. The maximum atomic E-state index is 6.29. The van der Waals surface area contributed by atoms with E-state index in [4.69, 9.17) is 14.2 Å². The summed E-state index contributed by atoms with van der Waals surface area (Å²) in [5, 5.41) is 4.44. The van der Waals surface area contributed by atoms with Crippen LogP contribution in [-0.2, 0) is 9.47 Å². The van der Waals surface area contributed by atoms with Gasteiger partial charge in [0.25, 0.3) is 0 Å². The molecule has 4 aliphatic rings. The molecular weight excluding hydrogens is 486 g/mol. The number of nitrogens with zero attached hydrogens (tertiary/aromatic N) is 5. The van der Waals surface area contributed by atoms with E-state index in [2.05, 4.69) is 51.3 Å². The fourth-order valence-electron chi connectivity index (χ4n) is 5.84. The first-order valence-corrected chi connectivity index (χ1v) is 14.7. The van der Waals surface area contributed by atoms with Crippen LogP contribution in [0.25, 0.3) is 5.57 Å². The summed E-state index contributed by atoms with van der Waals surface area (Å²) < 4.78 is 22.2. The maximum absolute atomic E-state index is 6.29. The first-order valence-electron chi connectivity index (χ1n) is 14.0. The van der Waals surface area contributed by atoms with Crippen molar-refractivity contribution in [1.82, 2.24) is 19.7 Å². The minimum Gasteiger partial charge on any atom is -0.493 e. The predicted octanol–water partition coefficient (Wildman–Crippen LogP) is 5.24. The Labute approximate surface area is 224 Å². The van der Waals surface area contributed by atoms with Crippen LogP contribution in [0.1, 0.15) is 75.5 Å². The zero-order valence-corrected chi connectivity index (χ0v) is 22.9. The molecular formula is C28H39N5O3S. The molecule has 2 fully saturated rings. The van der Waals surface area contributed by atoms with Crippen LogP contribution < -0.4 is 9.04 Å². The largest absolute Gasteiger partial charge is 0.493 e. The Morgan fingerprint density at radius 3 is 2.84 bits per heavy atom. The Bertz CT molecular complexity index is 1100. The molecule has 0 spiro atoms. The molecule has 9 heteroatoms. The van der Waals surface area contributed by atoms with Gasteiger partial charge in [-0.2, -0.15) is 10.1 Å². The van der Waals surface area contributed by atoms with Gasteiger partial charge >= 0.3 is 0 Å². The van der Waals surface area contributed by atoms with Gasteiger partial charge in [-0.3, -0.25) is 4.31 Å². The van der Waals surface area contributed by atoms with Gasteiger partial charge in [-0.25, -0.2) is 4.68 Å². The highest BCUT2D eigenvalue weighted by atomic mass is 32.2. The van der Waals surface area contributed by atoms with Crippen molar-refractivity contribution in [2.75, 3.05) is 50.3 Å². The number of hydrogen-bond donors (Lipinski definition) is 0. The fraction of sp³-hybridized carbons (Fsp3) is 0.643. The number of hydrogen-bond acceptors (Lipinski definition) is 8. The van der Waals surface area contributed by atoms with Crippen LogP contribution in [0.4, 0.5) is 5.95 Å². The average Bonchev–Trinajstić information content (AvgIpc) is 3.54. The third-order valence-corrected chi connectivity index (χ3v) is 9.13. The van der Waals surface area contributed by atoms with Crippen molar-refractivity contribution in [2.45, 2.75) is 70.6 Å². The standard InChI is InChI=1S/C28H39N5O3S/c1-20(2)33-28(29-19-30-33)32-18-24-23-7-6-22(17-25(23)34-15-10-26(24)37-32)21-8-11-31(12-9-21)13-16-36-27-5-3-4-14-35-27/h6-7,17,19-21,27H,3-5,8-16,18H2,1-2H3. The third-order valence-electron chi connectivity index (χ3n) is 7.95. The Morgan fingerprint density at radius 2 is 2.03 bits per heavy atom. The molecule has 0 radical (unpaired) electrons. The topological polar surface area (TPSA) is 64.9 Å². The van der Waals surface area contributed by atoms with Crippen LogP contribution in [0.2, 0.25) is 0 Å². The summed E-state index contributed by atoms with van der Waals surface area (Å²) in [6, 6.07) is 7.24. The van der Waals surface area contributed by atoms with Gasteiger partial charge in [0.15, 0.2) is 6.29 Å². The van der Waals surface area contributed by atoms with Crippen LogP contribution in [0, 0.1) is 0 Å². The maximum Gasteiger partial charge on any atom is 0.234 e. The quantitative estimate of drug-likeness (QED) is 0.455. The summed E-state index contributed by atoms with van der Waals surface area (Å²) >= 11 is 1.79. The number of ether oxygens (including phenoxy) is 3. The number of piperidine rings is 1. The number of rotatable bonds is 7. The van der Waals surface area contributed by atoms with E-state index >= 15 is 0 Å². The van der Waals surface area contributed by atoms with Gasteiger partial charge in [-0.15, -0.1) is 0 Å². The van der Waals surface area contributed by atoms with E-state index in [-0.39, 0.29) is 12.3 Å². The van der Waals surface area contributed by atoms with Gasteiger partial charge in [0.1, 0.15) is 12.1 Å². The molecule has 4 aliphatic heterocycles. The molecule has 0 saturated carbocycles. The van der Waals surface area contributed by atoms with Gasteiger partial charge in [0.05, 0.1) is 25.8 Å². The summed E-state index contributed by atoms with van der Waals surface area (Å²) in [5.41, 5.74) is 4.02. The van der Waals surface area contributed by atoms with Crippen LogP contribution in [-0.4, -0.2) is 72.0 Å². The van der Waals surface area contributed by atoms with Gasteiger partial charge in [0, 0.05) is 30.0 Å². The van der Waals surface area contributed by atoms with E-state index in [0.29, 0.717) is 5.92 Å². The van der Waals surface area contributed by atoms with Crippen LogP contribution in [0.15, 0.2) is 29.4 Å². The molecule has 2 aromatic rings. The van der Waals surface area contributed by atoms with E-state index in [9.17, 15) is 0 Å². The molecule has 1 aromatic carbocycles. The highest BCUT2D eigenvalue weighted by Crippen LogP contribution is 2.47. The molecule has 1 unspecified atom stereocenters. The monoisotopic (exact) mass is 525 g/mol. The lowest BCUT2D eigenvalue weighted by molar-refractivity contribution is -0.164. The zero-order valence-electron chi connectivity index (χ0n) is 22.1. The summed E-state index contributed by atoms with van der Waals surface area (Å²) in [4.78, 5) is 8.49. The molecule has 0 N–H and O–H groups in total. The Kier molecular flexibility index (Phi) is 7.74. The van der Waals surface area contributed by atoms with E-state index < -0.39 is 0 Å². The summed E-state index contributed by atoms with van der Waals surface area (Å²) in [6.07, 6.45) is 8.39. The number of benzene rings is 1. The molecule has 2 saturated heterocycles. The Hall–Kier alpha value is -2.07. The summed E-state index contributed by atoms with van der Waals surface area (Å²) in [5.74, 6) is 2.55. The predicted molar refractivity (Wildman–Crippen MR) is 147 cm³/mol. The lowest BCUT2D eigenvalue weighted by Crippen LogP contribution is -2.36. The van der Waals surface area contributed by atoms with E-state index in [1.165, 1.54) is 47.3 Å². The van der Waals surface area contributed by atoms with Crippen molar-refractivity contribution in [1.29, 1.82) is 0 Å². The number of likely N-dealkylation sites (tertiary alicyclic amines) is 1. The fourth-order valence-corrected chi connectivity index (χ4v) is 6.97. The van der Waals surface area contributed by atoms with Crippen molar-refractivity contribution < 1.29 is 14.2 Å². The number of aromatic nitrogens is 3. The number of anilines is 1. The van der Waals surface area contributed by atoms with Crippen LogP contribution >= 0.6 is 11.9 Å². The lowest BCUT2D eigenvalue weighted by Gasteiger charge is -2.33. The van der Waals surface area contributed by atoms with Gasteiger partial charge in [0.2, 0.25) is 5.95 Å². The van der Waals surface area contributed by atoms with Crippen molar-refractivity contribution in [3.05, 3.63) is 40.6 Å². The molecule has 0 bridgehead atoms. The van der Waals surface area contributed by atoms with Crippen molar-refractivity contribution in [2.24, 2.45) is 0 Å². The van der Waals surface area contributed by atoms with Crippen molar-refractivity contribution in [3.8, 4) is 5.75 Å². The minimum absolute atomic E-state index is 0.0143. The summed E-state index contributed by atoms with van der Waals surface area (Å²) in [6.45, 7) is 10.7. The van der Waals surface area contributed by atoms with Gasteiger partial charge < -0.3 is 19.1 Å².